The summed E-state index contributed by atoms with van der Waals surface area (Å²) >= 11 is 0. The number of allylic oxidation sites excluding steroid dienone is 1. The van der Waals surface area contributed by atoms with Crippen molar-refractivity contribution >= 4 is 14.2 Å². The topological polar surface area (TPSA) is 66.0 Å². The van der Waals surface area contributed by atoms with Crippen LogP contribution in [0.25, 0.3) is 0 Å². The van der Waals surface area contributed by atoms with Crippen LogP contribution in [0.5, 0.6) is 0 Å². The van der Waals surface area contributed by atoms with Crippen molar-refractivity contribution in [1.29, 1.82) is 0 Å². The number of ether oxygens (including phenoxy) is 3. The summed E-state index contributed by atoms with van der Waals surface area (Å²) in [5.74, 6) is 0. The average molecular weight is 504 g/mol. The Labute approximate surface area is 211 Å². The minimum absolute atomic E-state index is 0.146. The third kappa shape index (κ3) is 21.8. The molecule has 0 heterocycles. The lowest BCUT2D eigenvalue weighted by Crippen LogP contribution is -2.48. The predicted octanol–water partition coefficient (Wildman–Crippen LogP) is 7.80. The van der Waals surface area contributed by atoms with Crippen molar-refractivity contribution in [3.05, 3.63) is 12.2 Å². The lowest BCUT2D eigenvalue weighted by molar-refractivity contribution is -0.0699. The van der Waals surface area contributed by atoms with Gasteiger partial charge in [-0.2, -0.15) is 0 Å². The first kappa shape index (κ1) is 33.3. The minimum atomic E-state index is -0.564. The van der Waals surface area contributed by atoms with Crippen LogP contribution in [0.4, 0.5) is 4.79 Å². The molecule has 0 saturated heterocycles. The Morgan fingerprint density at radius 2 is 1.50 bits per heavy atom. The molecule has 0 aromatic rings. The molecule has 0 aromatic heterocycles. The summed E-state index contributed by atoms with van der Waals surface area (Å²) in [6.07, 6.45) is 19.1. The molecule has 1 N–H and O–H groups in total. The average Bonchev–Trinajstić information content (AvgIpc) is 2.75. The Morgan fingerprint density at radius 1 is 0.941 bits per heavy atom. The van der Waals surface area contributed by atoms with Crippen LogP contribution in [0.3, 0.4) is 0 Å². The zero-order valence-corrected chi connectivity index (χ0v) is 24.1. The number of methoxy groups -OCH3 is 1. The van der Waals surface area contributed by atoms with Gasteiger partial charge in [-0.25, -0.2) is 4.79 Å². The highest BCUT2D eigenvalue weighted by Gasteiger charge is 2.26. The molecule has 0 rings (SSSR count). The van der Waals surface area contributed by atoms with Gasteiger partial charge in [-0.15, -0.1) is 0 Å². The molecule has 2 atom stereocenters. The van der Waals surface area contributed by atoms with E-state index < -0.39 is 19.8 Å². The molecule has 0 bridgehead atoms. The molecule has 202 valence electrons. The first-order chi connectivity index (χ1) is 16.2. The predicted molar refractivity (Wildman–Crippen MR) is 145 cm³/mol. The maximum atomic E-state index is 12.4. The van der Waals surface area contributed by atoms with Crippen LogP contribution in [0.2, 0.25) is 0 Å². The Hall–Kier alpha value is -0.680. The van der Waals surface area contributed by atoms with Crippen molar-refractivity contribution in [1.82, 2.24) is 5.32 Å². The summed E-state index contributed by atoms with van der Waals surface area (Å²) in [6, 6.07) is -0.358. The molecular weight excluding hydrogens is 449 g/mol. The van der Waals surface area contributed by atoms with Gasteiger partial charge in [-0.05, 0) is 46.9 Å². The Bertz CT molecular complexity index is 508. The number of alkyl carbamates (subject to hydrolysis) is 1. The number of amides is 1. The molecule has 34 heavy (non-hydrogen) atoms. The van der Waals surface area contributed by atoms with Crippen molar-refractivity contribution < 1.29 is 23.5 Å². The second-order valence-corrected chi connectivity index (χ2v) is 12.0. The first-order valence-corrected chi connectivity index (χ1v) is 15.4. The number of hydrogen-bond donors (Lipinski definition) is 1. The Morgan fingerprint density at radius 3 is 2.00 bits per heavy atom. The summed E-state index contributed by atoms with van der Waals surface area (Å²) in [7, 11) is 1.04. The van der Waals surface area contributed by atoms with Crippen molar-refractivity contribution in [2.24, 2.45) is 0 Å². The molecule has 0 aliphatic carbocycles. The third-order valence-corrected chi connectivity index (χ3v) is 5.95. The molecule has 7 heteroatoms. The van der Waals surface area contributed by atoms with E-state index in [-0.39, 0.29) is 18.9 Å². The zero-order valence-electron chi connectivity index (χ0n) is 23.2. The van der Waals surface area contributed by atoms with Crippen molar-refractivity contribution in [3.63, 3.8) is 0 Å². The number of carbonyl (C=O) groups is 1. The first-order valence-electron chi connectivity index (χ1n) is 13.3. The fourth-order valence-electron chi connectivity index (χ4n) is 3.52. The summed E-state index contributed by atoms with van der Waals surface area (Å²) in [5, 5.41) is 2.93. The minimum Gasteiger partial charge on any atom is -0.444 e. The fraction of sp³-hybridized carbons (Fsp3) is 0.889. The van der Waals surface area contributed by atoms with E-state index in [1.807, 2.05) is 40.2 Å². The van der Waals surface area contributed by atoms with Crippen LogP contribution in [0, 0.1) is 0 Å². The number of unbranched alkanes of at least 4 members (excludes halogenated alkanes) is 11. The molecule has 0 unspecified atom stereocenters. The smallest absolute Gasteiger partial charge is 0.408 e. The van der Waals surface area contributed by atoms with Crippen LogP contribution < -0.4 is 5.32 Å². The number of carbonyl (C=O) groups excluding carboxylic acids is 1. The van der Waals surface area contributed by atoms with E-state index in [0.29, 0.717) is 6.61 Å². The molecule has 0 aliphatic heterocycles. The maximum Gasteiger partial charge on any atom is 0.408 e. The van der Waals surface area contributed by atoms with Gasteiger partial charge in [-0.1, -0.05) is 83.3 Å². The molecule has 0 fully saturated rings. The third-order valence-electron chi connectivity index (χ3n) is 5.29. The lowest BCUT2D eigenvalue weighted by Gasteiger charge is -2.28. The van der Waals surface area contributed by atoms with Gasteiger partial charge in [0.1, 0.15) is 18.5 Å². The SMILES string of the molecule is CCCCCCCCCCCCC/C=C/[C@@H](OCOC)[C@H](COP(C)C)NC(=O)OC(C)(C)C. The zero-order chi connectivity index (χ0) is 25.7. The summed E-state index contributed by atoms with van der Waals surface area (Å²) in [4.78, 5) is 12.4. The van der Waals surface area contributed by atoms with Crippen LogP contribution >= 0.6 is 8.15 Å². The standard InChI is InChI=1S/C27H54NO5P/c1-8-9-10-11-12-13-14-15-16-17-18-19-20-21-25(31-23-30-5)24(22-32-34(6)7)28-26(29)33-27(2,3)4/h20-21,24-25H,8-19,22-23H2,1-7H3,(H,28,29)/b21-20+/t24-,25+/m0/s1. The second-order valence-electron chi connectivity index (χ2n) is 10.2. The molecule has 0 saturated carbocycles. The summed E-state index contributed by atoms with van der Waals surface area (Å²) < 4.78 is 22.3. The van der Waals surface area contributed by atoms with Gasteiger partial charge in [-0.3, -0.25) is 0 Å². The maximum absolute atomic E-state index is 12.4. The summed E-state index contributed by atoms with van der Waals surface area (Å²) in [6.45, 7) is 12.4. The highest BCUT2D eigenvalue weighted by atomic mass is 31.1. The number of hydrogen-bond acceptors (Lipinski definition) is 5. The van der Waals surface area contributed by atoms with Crippen LogP contribution in [-0.2, 0) is 18.7 Å². The van der Waals surface area contributed by atoms with Gasteiger partial charge in [0.05, 0.1) is 12.6 Å². The molecule has 0 radical (unpaired) electrons. The molecular formula is C27H54NO5P. The van der Waals surface area contributed by atoms with Gasteiger partial charge in [0.15, 0.2) is 0 Å². The number of nitrogens with one attached hydrogen (secondary N) is 1. The van der Waals surface area contributed by atoms with Gasteiger partial charge in [0.25, 0.3) is 0 Å². The Balaban J connectivity index is 4.49. The van der Waals surface area contributed by atoms with Crippen LogP contribution in [0.15, 0.2) is 12.2 Å². The molecule has 1 amide bonds. The fourth-order valence-corrected chi connectivity index (χ4v) is 3.97. The normalized spacial score (nSPS) is 14.0. The Kier molecular flexibility index (Phi) is 21.2. The van der Waals surface area contributed by atoms with E-state index in [1.165, 1.54) is 70.6 Å². The van der Waals surface area contributed by atoms with E-state index in [4.69, 9.17) is 18.7 Å². The van der Waals surface area contributed by atoms with E-state index in [9.17, 15) is 4.79 Å². The molecule has 0 aromatic carbocycles. The monoisotopic (exact) mass is 503 g/mol. The van der Waals surface area contributed by atoms with Gasteiger partial charge >= 0.3 is 6.09 Å². The number of rotatable bonds is 21. The highest BCUT2D eigenvalue weighted by Crippen LogP contribution is 2.26. The van der Waals surface area contributed by atoms with E-state index in [0.717, 1.165) is 6.42 Å². The van der Waals surface area contributed by atoms with E-state index in [2.05, 4.69) is 18.3 Å². The molecule has 0 aliphatic rings. The largest absolute Gasteiger partial charge is 0.444 e. The summed E-state index contributed by atoms with van der Waals surface area (Å²) in [5.41, 5.74) is -0.564. The highest BCUT2D eigenvalue weighted by molar-refractivity contribution is 7.50. The van der Waals surface area contributed by atoms with Gasteiger partial charge in [0, 0.05) is 15.3 Å². The van der Waals surface area contributed by atoms with Crippen molar-refractivity contribution in [3.8, 4) is 0 Å². The molecule has 6 nitrogen and oxygen atoms in total. The lowest BCUT2D eigenvalue weighted by atomic mass is 10.0. The quantitative estimate of drug-likeness (QED) is 0.0749. The molecule has 0 spiro atoms. The van der Waals surface area contributed by atoms with E-state index in [1.54, 1.807) is 7.11 Å². The van der Waals surface area contributed by atoms with Crippen molar-refractivity contribution in [2.45, 2.75) is 122 Å². The van der Waals surface area contributed by atoms with Crippen molar-refractivity contribution in [2.75, 3.05) is 33.8 Å². The van der Waals surface area contributed by atoms with Gasteiger partial charge in [0.2, 0.25) is 0 Å². The van der Waals surface area contributed by atoms with Crippen LogP contribution in [-0.4, -0.2) is 57.7 Å². The second kappa shape index (κ2) is 21.6. The van der Waals surface area contributed by atoms with Gasteiger partial charge < -0.3 is 24.1 Å². The van der Waals surface area contributed by atoms with Crippen LogP contribution in [0.1, 0.15) is 105 Å². The van der Waals surface area contributed by atoms with E-state index >= 15 is 0 Å².